The molecule has 0 aromatic heterocycles. The molecule has 1 aromatic rings. The fourth-order valence-corrected chi connectivity index (χ4v) is 7.31. The molecule has 3 nitrogen and oxygen atoms in total. The molecule has 3 saturated carbocycles. The van der Waals surface area contributed by atoms with Crippen LogP contribution < -0.4 is 4.74 Å². The zero-order chi connectivity index (χ0) is 16.7. The lowest BCUT2D eigenvalue weighted by Gasteiger charge is -2.53. The molecule has 1 N–H and O–H groups in total. The average molecular weight is 326 g/mol. The Kier molecular flexibility index (Phi) is 2.81. The fourth-order valence-electron chi connectivity index (χ4n) is 7.31. The van der Waals surface area contributed by atoms with Crippen molar-refractivity contribution in [3.63, 3.8) is 0 Å². The van der Waals surface area contributed by atoms with Gasteiger partial charge >= 0.3 is 5.97 Å². The summed E-state index contributed by atoms with van der Waals surface area (Å²) in [5.74, 6) is 2.27. The Morgan fingerprint density at radius 1 is 1.33 bits per heavy atom. The highest BCUT2D eigenvalue weighted by molar-refractivity contribution is 5.73. The number of aliphatic carboxylic acids is 1. The lowest BCUT2D eigenvalue weighted by Crippen LogP contribution is -2.47. The summed E-state index contributed by atoms with van der Waals surface area (Å²) in [7, 11) is 1.73. The van der Waals surface area contributed by atoms with E-state index < -0.39 is 5.97 Å². The van der Waals surface area contributed by atoms with Gasteiger partial charge in [-0.15, -0.1) is 0 Å². The zero-order valence-corrected chi connectivity index (χ0v) is 14.5. The number of benzene rings is 1. The lowest BCUT2D eigenvalue weighted by molar-refractivity contribution is -0.149. The summed E-state index contributed by atoms with van der Waals surface area (Å²) < 4.78 is 5.40. The van der Waals surface area contributed by atoms with E-state index in [-0.39, 0.29) is 11.3 Å². The van der Waals surface area contributed by atoms with E-state index in [9.17, 15) is 9.90 Å². The maximum absolute atomic E-state index is 11.8. The number of carbonyl (C=O) groups is 1. The van der Waals surface area contributed by atoms with E-state index in [1.165, 1.54) is 24.0 Å². The Bertz CT molecular complexity index is 726. The Morgan fingerprint density at radius 3 is 2.92 bits per heavy atom. The van der Waals surface area contributed by atoms with Gasteiger partial charge in [0.25, 0.3) is 0 Å². The van der Waals surface area contributed by atoms with Crippen LogP contribution in [0.2, 0.25) is 0 Å². The lowest BCUT2D eigenvalue weighted by atomic mass is 9.51. The molecule has 0 amide bonds. The van der Waals surface area contributed by atoms with Crippen LogP contribution in [0.3, 0.4) is 0 Å². The normalized spacial score (nSPS) is 44.8. The van der Waals surface area contributed by atoms with Crippen LogP contribution in [0.5, 0.6) is 5.75 Å². The van der Waals surface area contributed by atoms with Crippen molar-refractivity contribution in [2.45, 2.75) is 51.4 Å². The molecular formula is C21H26O3. The van der Waals surface area contributed by atoms with Crippen molar-refractivity contribution >= 4 is 5.97 Å². The Balaban J connectivity index is 1.55. The number of rotatable bonds is 2. The minimum Gasteiger partial charge on any atom is -0.497 e. The molecule has 128 valence electrons. The highest BCUT2D eigenvalue weighted by atomic mass is 16.5. The number of fused-ring (bicyclic) bond motifs is 3. The van der Waals surface area contributed by atoms with Gasteiger partial charge < -0.3 is 9.84 Å². The fraction of sp³-hybridized carbons (Fsp3) is 0.667. The molecule has 0 aliphatic heterocycles. The van der Waals surface area contributed by atoms with Gasteiger partial charge in [-0.05, 0) is 90.4 Å². The smallest absolute Gasteiger partial charge is 0.307 e. The van der Waals surface area contributed by atoms with Crippen molar-refractivity contribution in [3.8, 4) is 5.75 Å². The van der Waals surface area contributed by atoms with Crippen LogP contribution in [-0.4, -0.2) is 18.2 Å². The van der Waals surface area contributed by atoms with Crippen molar-refractivity contribution in [2.75, 3.05) is 7.11 Å². The molecule has 0 bridgehead atoms. The second kappa shape index (κ2) is 4.56. The third-order valence-corrected chi connectivity index (χ3v) is 8.40. The monoisotopic (exact) mass is 326 g/mol. The summed E-state index contributed by atoms with van der Waals surface area (Å²) in [5, 5.41) is 9.75. The third kappa shape index (κ3) is 1.57. The van der Waals surface area contributed by atoms with E-state index in [1.54, 1.807) is 7.11 Å². The summed E-state index contributed by atoms with van der Waals surface area (Å²) >= 11 is 0. The van der Waals surface area contributed by atoms with Crippen LogP contribution in [0.15, 0.2) is 18.2 Å². The summed E-state index contributed by atoms with van der Waals surface area (Å²) in [5.41, 5.74) is 3.32. The van der Waals surface area contributed by atoms with Gasteiger partial charge in [-0.1, -0.05) is 13.0 Å². The first-order valence-electron chi connectivity index (χ1n) is 9.41. The quantitative estimate of drug-likeness (QED) is 0.883. The molecule has 24 heavy (non-hydrogen) atoms. The standard InChI is InChI=1S/C21H26O3/c1-20-8-7-16-15-5-4-14(24-2)9-12(15)3-6-17(16)21(20)11-13(21)10-18(20)19(22)23/h4-5,9,13,16-18H,3,6-8,10-11H2,1-2H3,(H,22,23)/t13-,16-,17-,18+,20-,21-/m1/s1. The number of carboxylic acid groups (broad SMARTS) is 1. The second-order valence-electron chi connectivity index (χ2n) is 8.84. The predicted octanol–water partition coefficient (Wildman–Crippen LogP) is 4.25. The zero-order valence-electron chi connectivity index (χ0n) is 14.5. The van der Waals surface area contributed by atoms with Crippen LogP contribution >= 0.6 is 0 Å². The van der Waals surface area contributed by atoms with Crippen LogP contribution in [0.1, 0.15) is 56.1 Å². The molecule has 3 heteroatoms. The van der Waals surface area contributed by atoms with Crippen LogP contribution in [0.25, 0.3) is 0 Å². The second-order valence-corrected chi connectivity index (χ2v) is 8.84. The highest BCUT2D eigenvalue weighted by Crippen LogP contribution is 2.83. The van der Waals surface area contributed by atoms with E-state index >= 15 is 0 Å². The van der Waals surface area contributed by atoms with Gasteiger partial charge in [0.2, 0.25) is 0 Å². The summed E-state index contributed by atoms with van der Waals surface area (Å²) in [6.45, 7) is 2.30. The van der Waals surface area contributed by atoms with Gasteiger partial charge in [-0.2, -0.15) is 0 Å². The van der Waals surface area contributed by atoms with E-state index in [4.69, 9.17) is 4.74 Å². The number of methoxy groups -OCH3 is 1. The molecule has 1 aromatic carbocycles. The van der Waals surface area contributed by atoms with Gasteiger partial charge in [0.15, 0.2) is 0 Å². The Labute approximate surface area is 143 Å². The Hall–Kier alpha value is -1.51. The molecule has 0 unspecified atom stereocenters. The van der Waals surface area contributed by atoms with Crippen LogP contribution in [-0.2, 0) is 11.2 Å². The predicted molar refractivity (Wildman–Crippen MR) is 91.2 cm³/mol. The maximum atomic E-state index is 11.8. The highest BCUT2D eigenvalue weighted by Gasteiger charge is 2.77. The van der Waals surface area contributed by atoms with Crippen molar-refractivity contribution in [2.24, 2.45) is 28.6 Å². The molecule has 1 spiro atoms. The maximum Gasteiger partial charge on any atom is 0.307 e. The first-order valence-corrected chi connectivity index (χ1v) is 9.41. The van der Waals surface area contributed by atoms with E-state index in [0.29, 0.717) is 23.2 Å². The topological polar surface area (TPSA) is 46.5 Å². The van der Waals surface area contributed by atoms with Gasteiger partial charge in [0.1, 0.15) is 5.75 Å². The minimum atomic E-state index is -0.552. The number of hydrogen-bond acceptors (Lipinski definition) is 2. The van der Waals surface area contributed by atoms with Crippen molar-refractivity contribution in [3.05, 3.63) is 29.3 Å². The van der Waals surface area contributed by atoms with Crippen molar-refractivity contribution in [1.29, 1.82) is 0 Å². The number of carboxylic acids is 1. The van der Waals surface area contributed by atoms with Gasteiger partial charge in [0, 0.05) is 0 Å². The molecule has 3 fully saturated rings. The molecule has 0 heterocycles. The van der Waals surface area contributed by atoms with Crippen molar-refractivity contribution in [1.82, 2.24) is 0 Å². The molecule has 5 rings (SSSR count). The van der Waals surface area contributed by atoms with Gasteiger partial charge in [0.05, 0.1) is 13.0 Å². The molecule has 0 saturated heterocycles. The van der Waals surface area contributed by atoms with Gasteiger partial charge in [-0.25, -0.2) is 0 Å². The van der Waals surface area contributed by atoms with Crippen LogP contribution in [0.4, 0.5) is 0 Å². The third-order valence-electron chi connectivity index (χ3n) is 8.40. The minimum absolute atomic E-state index is 0.0225. The Morgan fingerprint density at radius 2 is 2.17 bits per heavy atom. The summed E-state index contributed by atoms with van der Waals surface area (Å²) in [4.78, 5) is 11.8. The van der Waals surface area contributed by atoms with E-state index in [2.05, 4.69) is 25.1 Å². The molecule has 0 radical (unpaired) electrons. The first-order chi connectivity index (χ1) is 11.5. The molecule has 4 aliphatic carbocycles. The SMILES string of the molecule is COc1ccc2c(c1)CC[C@@H]1[C@@H]2CC[C@]2(C)[C@H](C(=O)O)C[C@@H]3C[C@@]312. The van der Waals surface area contributed by atoms with Crippen molar-refractivity contribution < 1.29 is 14.6 Å². The number of ether oxygens (including phenoxy) is 1. The largest absolute Gasteiger partial charge is 0.497 e. The van der Waals surface area contributed by atoms with Crippen LogP contribution in [0, 0.1) is 28.6 Å². The summed E-state index contributed by atoms with van der Waals surface area (Å²) in [6, 6.07) is 6.60. The first kappa shape index (κ1) is 14.8. The molecular weight excluding hydrogens is 300 g/mol. The summed E-state index contributed by atoms with van der Waals surface area (Å²) in [6.07, 6.45) is 6.77. The number of hydrogen-bond donors (Lipinski definition) is 1. The molecule has 4 aliphatic rings. The van der Waals surface area contributed by atoms with Gasteiger partial charge in [-0.3, -0.25) is 4.79 Å². The van der Waals surface area contributed by atoms with E-state index in [0.717, 1.165) is 31.4 Å². The number of aryl methyl sites for hydroxylation is 1. The molecule has 6 atom stereocenters. The average Bonchev–Trinajstić information content (AvgIpc) is 3.24. The van der Waals surface area contributed by atoms with E-state index in [1.807, 2.05) is 0 Å².